The summed E-state index contributed by atoms with van der Waals surface area (Å²) in [6.45, 7) is 11.2. The van der Waals surface area contributed by atoms with Crippen LogP contribution in [0.1, 0.15) is 90.9 Å². The molecule has 2 aromatic heterocycles. The minimum Gasteiger partial charge on any atom is -0.508 e. The number of nitriles is 1. The molecule has 0 radical (unpaired) electrons. The first-order chi connectivity index (χ1) is 31.2. The maximum atomic E-state index is 13.4. The standard InChI is InChI=1S/C47H53F3N10O5/c1-29(2)38-22-39(42(62)23-41(38)61)43-55-56-46(64)60(43)35-8-3-30(4-9-35)27-57-17-19-58(20-18-57)28-31-13-15-59(16-14-31)45-52-25-33(26-53-45)44(63)54-34-6-11-36(12-7-34)65-37-10-5-32(24-51)40(21-37)47(48,49)50/h3-5,8-10,21-23,25-26,29,31,34,36,61-62H,6-7,11-20,27-28H2,1-2H3,(H,54,63)(H,56,64). The fraction of sp³-hybridized carbons (Fsp3) is 0.447. The van der Waals surface area contributed by atoms with Crippen molar-refractivity contribution in [3.8, 4) is 40.4 Å². The van der Waals surface area contributed by atoms with Crippen molar-refractivity contribution in [2.45, 2.75) is 83.2 Å². The van der Waals surface area contributed by atoms with Gasteiger partial charge >= 0.3 is 11.9 Å². The number of hydrogen-bond acceptors (Lipinski definition) is 12. The summed E-state index contributed by atoms with van der Waals surface area (Å²) in [5.74, 6) is 1.05. The van der Waals surface area contributed by atoms with Gasteiger partial charge in [0, 0.05) is 76.9 Å². The summed E-state index contributed by atoms with van der Waals surface area (Å²) in [5.41, 5.74) is 1.21. The molecule has 65 heavy (non-hydrogen) atoms. The van der Waals surface area contributed by atoms with Crippen molar-refractivity contribution < 1.29 is 32.9 Å². The maximum Gasteiger partial charge on any atom is 0.417 e. The minimum absolute atomic E-state index is 0.0000395. The Kier molecular flexibility index (Phi) is 13.4. The number of H-pyrrole nitrogens is 1. The molecule has 2 aliphatic heterocycles. The van der Waals surface area contributed by atoms with Crippen LogP contribution in [-0.2, 0) is 12.7 Å². The lowest BCUT2D eigenvalue weighted by Crippen LogP contribution is -2.48. The molecule has 5 aromatic rings. The van der Waals surface area contributed by atoms with E-state index in [0.29, 0.717) is 59.9 Å². The molecule has 0 unspecified atom stereocenters. The number of benzene rings is 3. The Bertz CT molecular complexity index is 2550. The normalized spacial score (nSPS) is 19.0. The number of aromatic nitrogens is 5. The molecule has 1 saturated carbocycles. The summed E-state index contributed by atoms with van der Waals surface area (Å²) >= 11 is 0. The van der Waals surface area contributed by atoms with Crippen LogP contribution in [0.4, 0.5) is 19.1 Å². The number of nitrogens with one attached hydrogen (secondary N) is 2. The largest absolute Gasteiger partial charge is 0.508 e. The van der Waals surface area contributed by atoms with Gasteiger partial charge in [0.05, 0.1) is 40.1 Å². The van der Waals surface area contributed by atoms with Crippen molar-refractivity contribution in [3.05, 3.63) is 105 Å². The molecule has 342 valence electrons. The van der Waals surface area contributed by atoms with Gasteiger partial charge < -0.3 is 30.1 Å². The molecule has 4 N–H and O–H groups in total. The molecule has 3 fully saturated rings. The van der Waals surface area contributed by atoms with Gasteiger partial charge in [0.15, 0.2) is 5.82 Å². The molecule has 0 atom stereocenters. The van der Waals surface area contributed by atoms with Gasteiger partial charge in [0.1, 0.15) is 17.2 Å². The third-order valence-corrected chi connectivity index (χ3v) is 12.8. The van der Waals surface area contributed by atoms with Gasteiger partial charge in [-0.1, -0.05) is 26.0 Å². The van der Waals surface area contributed by atoms with Crippen molar-refractivity contribution in [2.75, 3.05) is 50.7 Å². The van der Waals surface area contributed by atoms with Crippen LogP contribution in [0.2, 0.25) is 0 Å². The van der Waals surface area contributed by atoms with Gasteiger partial charge in [0.2, 0.25) is 5.95 Å². The highest BCUT2D eigenvalue weighted by Crippen LogP contribution is 2.38. The van der Waals surface area contributed by atoms with Crippen LogP contribution in [0.3, 0.4) is 0 Å². The van der Waals surface area contributed by atoms with Gasteiger partial charge in [-0.25, -0.2) is 24.4 Å². The second kappa shape index (κ2) is 19.3. The number of anilines is 1. The van der Waals surface area contributed by atoms with Gasteiger partial charge in [-0.2, -0.15) is 23.5 Å². The van der Waals surface area contributed by atoms with Crippen LogP contribution in [0.25, 0.3) is 17.1 Å². The van der Waals surface area contributed by atoms with E-state index in [1.165, 1.54) is 16.7 Å². The molecular formula is C47H53F3N10O5. The highest BCUT2D eigenvalue weighted by Gasteiger charge is 2.35. The first-order valence-electron chi connectivity index (χ1n) is 22.2. The molecule has 3 aliphatic rings. The summed E-state index contributed by atoms with van der Waals surface area (Å²) in [7, 11) is 0. The zero-order chi connectivity index (χ0) is 45.8. The van der Waals surface area contributed by atoms with Crippen LogP contribution in [0.15, 0.2) is 71.8 Å². The van der Waals surface area contributed by atoms with E-state index in [4.69, 9.17) is 10.00 Å². The fourth-order valence-electron chi connectivity index (χ4n) is 9.09. The molecule has 15 nitrogen and oxygen atoms in total. The van der Waals surface area contributed by atoms with E-state index in [-0.39, 0.29) is 47.0 Å². The smallest absolute Gasteiger partial charge is 0.417 e. The Morgan fingerprint density at radius 3 is 2.23 bits per heavy atom. The van der Waals surface area contributed by atoms with Crippen molar-refractivity contribution in [1.82, 2.24) is 39.8 Å². The van der Waals surface area contributed by atoms with Gasteiger partial charge in [0.25, 0.3) is 5.91 Å². The maximum absolute atomic E-state index is 13.4. The zero-order valence-electron chi connectivity index (χ0n) is 36.4. The number of nitrogens with zero attached hydrogens (tertiary/aromatic N) is 8. The summed E-state index contributed by atoms with van der Waals surface area (Å²) in [5, 5.41) is 39.8. The lowest BCUT2D eigenvalue weighted by Gasteiger charge is -2.39. The van der Waals surface area contributed by atoms with E-state index in [9.17, 15) is 33.0 Å². The van der Waals surface area contributed by atoms with Crippen LogP contribution in [0.5, 0.6) is 17.2 Å². The number of phenolic OH excluding ortho intramolecular Hbond substituents is 2. The number of aromatic hydroxyl groups is 2. The second-order valence-corrected chi connectivity index (χ2v) is 17.6. The summed E-state index contributed by atoms with van der Waals surface area (Å²) < 4.78 is 47.4. The number of phenols is 2. The third-order valence-electron chi connectivity index (χ3n) is 12.8. The molecule has 0 spiro atoms. The topological polar surface area (TPSA) is 189 Å². The Morgan fingerprint density at radius 1 is 0.908 bits per heavy atom. The Balaban J connectivity index is 0.747. The molecule has 1 amide bonds. The SMILES string of the molecule is CC(C)c1cc(-c2n[nH]c(=O)n2-c2ccc(CN3CCN(CC4CCN(c5ncc(C(=O)NC6CCC(Oc7ccc(C#N)c(C(F)(F)F)c7)CC6)cn5)CC4)CC3)cc2)c(O)cc1O. The number of hydrogen-bond donors (Lipinski definition) is 4. The van der Waals surface area contributed by atoms with Crippen LogP contribution < -0.4 is 20.6 Å². The molecule has 0 bridgehead atoms. The number of amides is 1. The Hall–Kier alpha value is -6.45. The summed E-state index contributed by atoms with van der Waals surface area (Å²) in [4.78, 5) is 42.1. The molecule has 18 heteroatoms. The molecule has 8 rings (SSSR count). The molecule has 2 saturated heterocycles. The number of aromatic amines is 1. The number of carbonyl (C=O) groups excluding carboxylic acids is 1. The number of rotatable bonds is 12. The monoisotopic (exact) mass is 894 g/mol. The second-order valence-electron chi connectivity index (χ2n) is 17.6. The number of carbonyl (C=O) groups is 1. The highest BCUT2D eigenvalue weighted by atomic mass is 19.4. The van der Waals surface area contributed by atoms with Crippen molar-refractivity contribution in [3.63, 3.8) is 0 Å². The van der Waals surface area contributed by atoms with Gasteiger partial charge in [-0.05, 0) is 97.9 Å². The summed E-state index contributed by atoms with van der Waals surface area (Å²) in [6, 6.07) is 15.6. The number of ether oxygens (including phenoxy) is 1. The van der Waals surface area contributed by atoms with Crippen LogP contribution >= 0.6 is 0 Å². The van der Waals surface area contributed by atoms with E-state index >= 15 is 0 Å². The summed E-state index contributed by atoms with van der Waals surface area (Å²) in [6.07, 6.45) is 2.53. The van der Waals surface area contributed by atoms with Crippen molar-refractivity contribution >= 4 is 11.9 Å². The first kappa shape index (κ1) is 45.1. The van der Waals surface area contributed by atoms with E-state index in [1.807, 2.05) is 38.1 Å². The lowest BCUT2D eigenvalue weighted by molar-refractivity contribution is -0.137. The number of piperidine rings is 1. The number of piperazine rings is 1. The van der Waals surface area contributed by atoms with Gasteiger partial charge in [-0.15, -0.1) is 0 Å². The Labute approximate surface area is 374 Å². The quantitative estimate of drug-likeness (QED) is 0.105. The molecule has 3 aromatic carbocycles. The third kappa shape index (κ3) is 10.6. The number of halogens is 3. The highest BCUT2D eigenvalue weighted by molar-refractivity contribution is 5.93. The molecule has 1 aliphatic carbocycles. The lowest BCUT2D eigenvalue weighted by atomic mass is 9.92. The predicted molar refractivity (Wildman–Crippen MR) is 236 cm³/mol. The zero-order valence-corrected chi connectivity index (χ0v) is 36.4. The molecule has 4 heterocycles. The van der Waals surface area contributed by atoms with Crippen LogP contribution in [0, 0.1) is 17.2 Å². The molecular weight excluding hydrogens is 842 g/mol. The van der Waals surface area contributed by atoms with E-state index < -0.39 is 23.0 Å². The van der Waals surface area contributed by atoms with Gasteiger partial charge in [-0.3, -0.25) is 9.69 Å². The van der Waals surface area contributed by atoms with E-state index in [0.717, 1.165) is 82.9 Å². The predicted octanol–water partition coefficient (Wildman–Crippen LogP) is 6.60. The average molecular weight is 895 g/mol. The first-order valence-corrected chi connectivity index (χ1v) is 22.2. The van der Waals surface area contributed by atoms with Crippen molar-refractivity contribution in [1.29, 1.82) is 5.26 Å². The van der Waals surface area contributed by atoms with Crippen LogP contribution in [-0.4, -0.2) is 109 Å². The Morgan fingerprint density at radius 2 is 1.58 bits per heavy atom. The average Bonchev–Trinajstić information content (AvgIpc) is 3.68. The van der Waals surface area contributed by atoms with E-state index in [1.54, 1.807) is 24.5 Å². The minimum atomic E-state index is -4.66. The number of alkyl halides is 3. The van der Waals surface area contributed by atoms with Crippen molar-refractivity contribution in [2.24, 2.45) is 5.92 Å². The van der Waals surface area contributed by atoms with E-state index in [2.05, 4.69) is 40.2 Å². The fourth-order valence-corrected chi connectivity index (χ4v) is 9.09.